The van der Waals surface area contributed by atoms with Crippen molar-refractivity contribution in [2.75, 3.05) is 10.6 Å². The fourth-order valence-corrected chi connectivity index (χ4v) is 4.44. The zero-order valence-corrected chi connectivity index (χ0v) is 20.8. The van der Waals surface area contributed by atoms with Gasteiger partial charge in [0.15, 0.2) is 0 Å². The largest absolute Gasteiger partial charge is 0.399 e. The first kappa shape index (κ1) is 24.5. The van der Waals surface area contributed by atoms with Crippen molar-refractivity contribution in [2.45, 2.75) is 44.3 Å². The van der Waals surface area contributed by atoms with Gasteiger partial charge < -0.3 is 21.4 Å². The minimum absolute atomic E-state index is 0.111. The summed E-state index contributed by atoms with van der Waals surface area (Å²) in [7, 11) is 0. The Kier molecular flexibility index (Phi) is 7.18. The van der Waals surface area contributed by atoms with Gasteiger partial charge in [-0.25, -0.2) is 20.2 Å². The molecule has 0 amide bonds. The van der Waals surface area contributed by atoms with Crippen molar-refractivity contribution >= 4 is 22.4 Å². The highest BCUT2D eigenvalue weighted by molar-refractivity contribution is 5.91. The summed E-state index contributed by atoms with van der Waals surface area (Å²) < 4.78 is 13.7. The molecule has 0 bridgehead atoms. The van der Waals surface area contributed by atoms with Gasteiger partial charge in [-0.3, -0.25) is 0 Å². The monoisotopic (exact) mass is 497 g/mol. The Morgan fingerprint density at radius 2 is 1.78 bits per heavy atom. The van der Waals surface area contributed by atoms with Crippen LogP contribution in [0.4, 0.5) is 15.9 Å². The fourth-order valence-electron chi connectivity index (χ4n) is 4.44. The first-order chi connectivity index (χ1) is 18.0. The summed E-state index contributed by atoms with van der Waals surface area (Å²) in [5, 5.41) is 9.67. The number of hydrogen-bond acceptors (Lipinski definition) is 7. The van der Waals surface area contributed by atoms with Crippen LogP contribution in [0.5, 0.6) is 0 Å². The number of benzene rings is 3. The normalized spacial score (nSPS) is 15.3. The molecule has 1 aliphatic rings. The van der Waals surface area contributed by atoms with E-state index in [1.54, 1.807) is 29.7 Å². The number of hydrogen-bond donors (Lipinski definition) is 4. The molecule has 1 aromatic heterocycles. The van der Waals surface area contributed by atoms with Gasteiger partial charge >= 0.3 is 0 Å². The molecule has 6 N–H and O–H groups in total. The Morgan fingerprint density at radius 1 is 1.03 bits per heavy atom. The molecule has 37 heavy (non-hydrogen) atoms. The van der Waals surface area contributed by atoms with Gasteiger partial charge in [0.1, 0.15) is 18.0 Å². The van der Waals surface area contributed by atoms with Crippen LogP contribution in [0.15, 0.2) is 91.0 Å². The van der Waals surface area contributed by atoms with Crippen molar-refractivity contribution in [1.82, 2.24) is 15.0 Å². The molecule has 2 atom stereocenters. The van der Waals surface area contributed by atoms with E-state index in [4.69, 9.17) is 11.6 Å². The van der Waals surface area contributed by atoms with Crippen LogP contribution in [0, 0.1) is 5.82 Å². The quantitative estimate of drug-likeness (QED) is 0.166. The lowest BCUT2D eigenvalue weighted by Gasteiger charge is -2.24. The number of rotatable bonds is 10. The fraction of sp³-hybridized carbons (Fsp3) is 0.241. The minimum atomic E-state index is -0.406. The Balaban J connectivity index is 1.47. The molecule has 0 saturated heterocycles. The lowest BCUT2D eigenvalue weighted by atomic mass is 10.0. The van der Waals surface area contributed by atoms with E-state index in [1.165, 1.54) is 17.7 Å². The number of aromatic nitrogens is 2. The lowest BCUT2D eigenvalue weighted by molar-refractivity contribution is 0.378. The summed E-state index contributed by atoms with van der Waals surface area (Å²) >= 11 is 0. The highest BCUT2D eigenvalue weighted by atomic mass is 19.1. The van der Waals surface area contributed by atoms with Crippen molar-refractivity contribution in [1.29, 1.82) is 0 Å². The maximum Gasteiger partial charge on any atom is 0.137 e. The molecule has 0 spiro atoms. The topological polar surface area (TPSA) is 105 Å². The molecule has 1 aliphatic carbocycles. The van der Waals surface area contributed by atoms with E-state index in [0.717, 1.165) is 47.2 Å². The zero-order chi connectivity index (χ0) is 25.8. The van der Waals surface area contributed by atoms with Gasteiger partial charge in [0.25, 0.3) is 0 Å². The number of nitrogens with zero attached hydrogens (tertiary/aromatic N) is 3. The van der Waals surface area contributed by atoms with Crippen molar-refractivity contribution in [3.8, 4) is 0 Å². The maximum absolute atomic E-state index is 13.7. The third kappa shape index (κ3) is 5.81. The molecular formula is C29H32FN7. The van der Waals surface area contributed by atoms with Crippen LogP contribution in [0.3, 0.4) is 0 Å². The molecule has 1 saturated carbocycles. The highest BCUT2D eigenvalue weighted by Gasteiger charge is 2.26. The molecule has 8 heteroatoms. The van der Waals surface area contributed by atoms with Crippen LogP contribution < -0.4 is 22.2 Å². The number of halogens is 1. The van der Waals surface area contributed by atoms with E-state index in [1.807, 2.05) is 36.4 Å². The van der Waals surface area contributed by atoms with Gasteiger partial charge in [0.05, 0.1) is 23.3 Å². The summed E-state index contributed by atoms with van der Waals surface area (Å²) in [6.45, 7) is 2.14. The van der Waals surface area contributed by atoms with Crippen LogP contribution >= 0.6 is 0 Å². The molecular weight excluding hydrogens is 465 g/mol. The van der Waals surface area contributed by atoms with Crippen LogP contribution in [-0.4, -0.2) is 21.0 Å². The number of anilines is 2. The third-order valence-electron chi connectivity index (χ3n) is 6.67. The molecule has 5 rings (SSSR count). The van der Waals surface area contributed by atoms with Gasteiger partial charge in [-0.1, -0.05) is 49.4 Å². The first-order valence-corrected chi connectivity index (χ1v) is 12.6. The molecule has 2 unspecified atom stereocenters. The van der Waals surface area contributed by atoms with Crippen molar-refractivity contribution in [3.05, 3.63) is 108 Å². The molecule has 3 aromatic carbocycles. The number of nitrogens with one attached hydrogen (secondary N) is 2. The molecule has 0 radical (unpaired) electrons. The van der Waals surface area contributed by atoms with Gasteiger partial charge in [0.2, 0.25) is 0 Å². The van der Waals surface area contributed by atoms with E-state index in [0.29, 0.717) is 11.7 Å². The second-order valence-corrected chi connectivity index (χ2v) is 9.41. The third-order valence-corrected chi connectivity index (χ3v) is 6.67. The molecule has 0 aliphatic heterocycles. The summed E-state index contributed by atoms with van der Waals surface area (Å²) in [4.78, 5) is 9.02. The average molecular weight is 498 g/mol. The number of nitrogens with two attached hydrogens (primary N) is 2. The summed E-state index contributed by atoms with van der Waals surface area (Å²) in [6.07, 6.45) is 6.35. The van der Waals surface area contributed by atoms with Gasteiger partial charge in [-0.05, 0) is 60.7 Å². The summed E-state index contributed by atoms with van der Waals surface area (Å²) in [5.41, 5.74) is 10.8. The smallest absolute Gasteiger partial charge is 0.137 e. The molecule has 7 nitrogen and oxygen atoms in total. The van der Waals surface area contributed by atoms with Gasteiger partial charge in [-0.15, -0.1) is 0 Å². The van der Waals surface area contributed by atoms with Crippen LogP contribution in [0.25, 0.3) is 10.9 Å². The second kappa shape index (κ2) is 10.8. The average Bonchev–Trinajstić information content (AvgIpc) is 3.77. The molecule has 1 fully saturated rings. The Bertz CT molecular complexity index is 1370. The highest BCUT2D eigenvalue weighted by Crippen LogP contribution is 2.31. The van der Waals surface area contributed by atoms with E-state index in [2.05, 4.69) is 39.7 Å². The molecule has 190 valence electrons. The maximum atomic E-state index is 13.7. The van der Waals surface area contributed by atoms with Crippen molar-refractivity contribution in [2.24, 2.45) is 11.6 Å². The lowest BCUT2D eigenvalue weighted by Crippen LogP contribution is -2.30. The van der Waals surface area contributed by atoms with E-state index < -0.39 is 6.04 Å². The first-order valence-electron chi connectivity index (χ1n) is 12.6. The Hall–Kier alpha value is -4.17. The predicted octanol–water partition coefficient (Wildman–Crippen LogP) is 5.62. The van der Waals surface area contributed by atoms with Crippen molar-refractivity contribution in [3.63, 3.8) is 0 Å². The number of hydrazine groups is 1. The predicted molar refractivity (Wildman–Crippen MR) is 147 cm³/mol. The summed E-state index contributed by atoms with van der Waals surface area (Å²) in [5.74, 6) is 6.64. The Labute approximate surface area is 216 Å². The van der Waals surface area contributed by atoms with Crippen LogP contribution in [0.2, 0.25) is 0 Å². The minimum Gasteiger partial charge on any atom is -0.399 e. The van der Waals surface area contributed by atoms with Crippen molar-refractivity contribution < 1.29 is 4.39 Å². The van der Waals surface area contributed by atoms with E-state index in [-0.39, 0.29) is 11.9 Å². The second-order valence-electron chi connectivity index (χ2n) is 9.41. The Morgan fingerprint density at radius 3 is 2.49 bits per heavy atom. The number of fused-ring (bicyclic) bond motifs is 1. The van der Waals surface area contributed by atoms with Gasteiger partial charge in [-0.2, -0.15) is 0 Å². The van der Waals surface area contributed by atoms with Gasteiger partial charge in [0, 0.05) is 23.3 Å². The standard InChI is InChI=1S/C29H32FN7/c1-2-26(19-6-4-3-5-7-19)36-29-24-16-22(12-15-27(24)33-18-34-29)35-28(20-8-10-21(30)11-9-20)25(31)17-37(32)23-13-14-23/h3-12,15-18,23,26,28,35H,2,13-14,31-32H2,1H3,(H,33,34,36)/b25-17-. The van der Waals surface area contributed by atoms with Crippen LogP contribution in [-0.2, 0) is 0 Å². The van der Waals surface area contributed by atoms with Crippen LogP contribution in [0.1, 0.15) is 49.4 Å². The zero-order valence-electron chi connectivity index (χ0n) is 20.8. The van der Waals surface area contributed by atoms with E-state index >= 15 is 0 Å². The molecule has 1 heterocycles. The summed E-state index contributed by atoms with van der Waals surface area (Å²) in [6, 6.07) is 22.6. The SMILES string of the molecule is CCC(Nc1ncnc2ccc(NC(/C(N)=C/N(N)C3CC3)c3ccc(F)cc3)cc12)c1ccccc1. The molecule has 4 aromatic rings. The van der Waals surface area contributed by atoms with E-state index in [9.17, 15) is 4.39 Å².